The molecule has 0 aliphatic rings. The summed E-state index contributed by atoms with van der Waals surface area (Å²) < 4.78 is 0. The predicted octanol–water partition coefficient (Wildman–Crippen LogP) is 4.48. The van der Waals surface area contributed by atoms with E-state index in [2.05, 4.69) is 4.98 Å². The van der Waals surface area contributed by atoms with E-state index in [9.17, 15) is 4.79 Å². The molecule has 0 bridgehead atoms. The van der Waals surface area contributed by atoms with E-state index >= 15 is 0 Å². The third kappa shape index (κ3) is 3.36. The van der Waals surface area contributed by atoms with Crippen molar-refractivity contribution in [2.24, 2.45) is 0 Å². The lowest BCUT2D eigenvalue weighted by molar-refractivity contribution is 0.103. The van der Waals surface area contributed by atoms with Gasteiger partial charge in [0.1, 0.15) is 0 Å². The van der Waals surface area contributed by atoms with Crippen LogP contribution in [-0.4, -0.2) is 10.8 Å². The van der Waals surface area contributed by atoms with Crippen molar-refractivity contribution in [3.05, 3.63) is 101 Å². The van der Waals surface area contributed by atoms with Crippen molar-refractivity contribution in [2.75, 3.05) is 0 Å². The van der Waals surface area contributed by atoms with Crippen LogP contribution in [-0.2, 0) is 0 Å². The minimum atomic E-state index is 0.0425. The smallest absolute Gasteiger partial charge is 0.193 e. The van der Waals surface area contributed by atoms with Crippen LogP contribution in [0.4, 0.5) is 0 Å². The lowest BCUT2D eigenvalue weighted by Gasteiger charge is -2.01. The first-order chi connectivity index (χ1) is 10.8. The normalized spacial score (nSPS) is 10.7. The van der Waals surface area contributed by atoms with Gasteiger partial charge in [0.05, 0.1) is 5.69 Å². The zero-order valence-corrected chi connectivity index (χ0v) is 12.0. The van der Waals surface area contributed by atoms with Gasteiger partial charge in [0.15, 0.2) is 5.78 Å². The van der Waals surface area contributed by atoms with Gasteiger partial charge < -0.3 is 0 Å². The number of benzene rings is 2. The van der Waals surface area contributed by atoms with Crippen molar-refractivity contribution < 1.29 is 4.79 Å². The summed E-state index contributed by atoms with van der Waals surface area (Å²) in [6, 6.07) is 22.7. The minimum Gasteiger partial charge on any atom is -0.289 e. The molecule has 1 aromatic heterocycles. The highest BCUT2D eigenvalue weighted by atomic mass is 16.1. The van der Waals surface area contributed by atoms with Crippen molar-refractivity contribution in [2.45, 2.75) is 0 Å². The molecule has 0 aliphatic heterocycles. The van der Waals surface area contributed by atoms with Crippen LogP contribution in [0.1, 0.15) is 27.2 Å². The van der Waals surface area contributed by atoms with Gasteiger partial charge in [-0.3, -0.25) is 9.78 Å². The number of rotatable bonds is 4. The summed E-state index contributed by atoms with van der Waals surface area (Å²) in [5.41, 5.74) is 3.35. The lowest BCUT2D eigenvalue weighted by atomic mass is 10.0. The molecule has 3 rings (SSSR count). The second-order valence-electron chi connectivity index (χ2n) is 4.91. The topological polar surface area (TPSA) is 30.0 Å². The van der Waals surface area contributed by atoms with E-state index in [1.165, 1.54) is 0 Å². The van der Waals surface area contributed by atoms with Gasteiger partial charge in [-0.05, 0) is 23.8 Å². The van der Waals surface area contributed by atoms with Gasteiger partial charge >= 0.3 is 0 Å². The van der Waals surface area contributed by atoms with Crippen molar-refractivity contribution >= 4 is 17.9 Å². The Hall–Kier alpha value is -3.00. The molecule has 3 aromatic rings. The van der Waals surface area contributed by atoms with Crippen LogP contribution in [0.15, 0.2) is 79.0 Å². The zero-order chi connectivity index (χ0) is 15.2. The number of hydrogen-bond acceptors (Lipinski definition) is 2. The van der Waals surface area contributed by atoms with E-state index < -0.39 is 0 Å². The first-order valence-corrected chi connectivity index (χ1v) is 7.12. The molecule has 0 amide bonds. The first-order valence-electron chi connectivity index (χ1n) is 7.12. The Labute approximate surface area is 129 Å². The molecule has 0 spiro atoms. The van der Waals surface area contributed by atoms with E-state index in [4.69, 9.17) is 0 Å². The zero-order valence-electron chi connectivity index (χ0n) is 12.0. The summed E-state index contributed by atoms with van der Waals surface area (Å²) in [5.74, 6) is 0.0425. The van der Waals surface area contributed by atoms with Crippen LogP contribution in [0, 0.1) is 0 Å². The number of aromatic nitrogens is 1. The fourth-order valence-corrected chi connectivity index (χ4v) is 2.16. The van der Waals surface area contributed by atoms with E-state index in [1.807, 2.05) is 84.9 Å². The summed E-state index contributed by atoms with van der Waals surface area (Å²) in [7, 11) is 0. The summed E-state index contributed by atoms with van der Waals surface area (Å²) in [6.45, 7) is 0. The Morgan fingerprint density at radius 2 is 1.41 bits per heavy atom. The van der Waals surface area contributed by atoms with Gasteiger partial charge in [-0.2, -0.15) is 0 Å². The molecule has 0 fully saturated rings. The Morgan fingerprint density at radius 3 is 2.09 bits per heavy atom. The predicted molar refractivity (Wildman–Crippen MR) is 89.5 cm³/mol. The van der Waals surface area contributed by atoms with Crippen LogP contribution in [0.2, 0.25) is 0 Å². The van der Waals surface area contributed by atoms with E-state index in [0.29, 0.717) is 11.1 Å². The monoisotopic (exact) mass is 285 g/mol. The molecular weight excluding hydrogens is 270 g/mol. The second-order valence-corrected chi connectivity index (χ2v) is 4.91. The van der Waals surface area contributed by atoms with Crippen LogP contribution in [0.5, 0.6) is 0 Å². The Balaban J connectivity index is 1.76. The average Bonchev–Trinajstić information content (AvgIpc) is 2.61. The molecule has 22 heavy (non-hydrogen) atoms. The second kappa shape index (κ2) is 6.64. The summed E-state index contributed by atoms with van der Waals surface area (Å²) in [5, 5.41) is 0. The molecule has 1 heterocycles. The van der Waals surface area contributed by atoms with Crippen LogP contribution in [0.25, 0.3) is 12.2 Å². The number of pyridine rings is 1. The largest absolute Gasteiger partial charge is 0.289 e. The van der Waals surface area contributed by atoms with Gasteiger partial charge in [0.2, 0.25) is 0 Å². The van der Waals surface area contributed by atoms with Gasteiger partial charge in [-0.1, -0.05) is 66.7 Å². The van der Waals surface area contributed by atoms with Crippen LogP contribution in [0.3, 0.4) is 0 Å². The minimum absolute atomic E-state index is 0.0425. The maximum absolute atomic E-state index is 12.3. The summed E-state index contributed by atoms with van der Waals surface area (Å²) >= 11 is 0. The van der Waals surface area contributed by atoms with Gasteiger partial charge in [-0.25, -0.2) is 0 Å². The summed E-state index contributed by atoms with van der Waals surface area (Å²) in [6.07, 6.45) is 5.70. The van der Waals surface area contributed by atoms with Crippen LogP contribution < -0.4 is 0 Å². The highest BCUT2D eigenvalue weighted by molar-refractivity contribution is 6.09. The van der Waals surface area contributed by atoms with E-state index in [1.54, 1.807) is 6.20 Å². The average molecular weight is 285 g/mol. The highest BCUT2D eigenvalue weighted by Gasteiger charge is 2.07. The molecule has 0 N–H and O–H groups in total. The summed E-state index contributed by atoms with van der Waals surface area (Å²) in [4.78, 5) is 16.5. The molecule has 0 unspecified atom stereocenters. The number of nitrogens with zero attached hydrogens (tertiary/aromatic N) is 1. The standard InChI is InChI=1S/C20H15NO/c22-20(17-6-2-1-3-7-17)18-12-9-16(10-13-18)11-14-19-8-4-5-15-21-19/h1-15H/b14-11+. The Kier molecular flexibility index (Phi) is 4.21. The molecule has 2 nitrogen and oxygen atoms in total. The maximum atomic E-state index is 12.3. The number of hydrogen-bond donors (Lipinski definition) is 0. The van der Waals surface area contributed by atoms with E-state index in [-0.39, 0.29) is 5.78 Å². The third-order valence-corrected chi connectivity index (χ3v) is 3.34. The molecule has 0 aliphatic carbocycles. The molecule has 2 aromatic carbocycles. The van der Waals surface area contributed by atoms with Crippen LogP contribution >= 0.6 is 0 Å². The lowest BCUT2D eigenvalue weighted by Crippen LogP contribution is -2.00. The van der Waals surface area contributed by atoms with Crippen molar-refractivity contribution in [1.29, 1.82) is 0 Å². The van der Waals surface area contributed by atoms with Crippen molar-refractivity contribution in [3.8, 4) is 0 Å². The fourth-order valence-electron chi connectivity index (χ4n) is 2.16. The third-order valence-electron chi connectivity index (χ3n) is 3.34. The Morgan fingerprint density at radius 1 is 0.727 bits per heavy atom. The fraction of sp³-hybridized carbons (Fsp3) is 0. The molecule has 0 saturated heterocycles. The first kappa shape index (κ1) is 14.0. The van der Waals surface area contributed by atoms with Gasteiger partial charge in [-0.15, -0.1) is 0 Å². The number of ketones is 1. The van der Waals surface area contributed by atoms with Crippen molar-refractivity contribution in [1.82, 2.24) is 4.98 Å². The quantitative estimate of drug-likeness (QED) is 0.661. The molecule has 0 atom stereocenters. The number of carbonyl (C=O) groups is 1. The van der Waals surface area contributed by atoms with E-state index in [0.717, 1.165) is 11.3 Å². The van der Waals surface area contributed by atoms with Gasteiger partial charge in [0.25, 0.3) is 0 Å². The highest BCUT2D eigenvalue weighted by Crippen LogP contribution is 2.12. The Bertz CT molecular complexity index is 775. The van der Waals surface area contributed by atoms with Crippen molar-refractivity contribution in [3.63, 3.8) is 0 Å². The molecule has 106 valence electrons. The maximum Gasteiger partial charge on any atom is 0.193 e. The molecule has 2 heteroatoms. The SMILES string of the molecule is O=C(c1ccccc1)c1ccc(/C=C/c2ccccn2)cc1. The number of carbonyl (C=O) groups excluding carboxylic acids is 1. The van der Waals surface area contributed by atoms with Gasteiger partial charge in [0, 0.05) is 17.3 Å². The molecule has 0 radical (unpaired) electrons. The molecular formula is C20H15NO. The molecule has 0 saturated carbocycles.